The zero-order chi connectivity index (χ0) is 11.6. The van der Waals surface area contributed by atoms with Gasteiger partial charge in [0.2, 0.25) is 0 Å². The van der Waals surface area contributed by atoms with Crippen molar-refractivity contribution in [2.24, 2.45) is 5.41 Å². The van der Waals surface area contributed by atoms with E-state index in [1.165, 1.54) is 45.6 Å². The van der Waals surface area contributed by atoms with Crippen LogP contribution in [0.2, 0.25) is 0 Å². The lowest BCUT2D eigenvalue weighted by molar-refractivity contribution is 0.131. The Balaban J connectivity index is 1.87. The predicted molar refractivity (Wildman–Crippen MR) is 73.2 cm³/mol. The monoisotopic (exact) mass is 242 g/mol. The van der Waals surface area contributed by atoms with E-state index in [-0.39, 0.29) is 0 Å². The average molecular weight is 242 g/mol. The highest BCUT2D eigenvalue weighted by atomic mass is 32.2. The molecule has 0 saturated carbocycles. The van der Waals surface area contributed by atoms with Crippen molar-refractivity contribution in [3.8, 4) is 0 Å². The third-order valence-corrected chi connectivity index (χ3v) is 5.01. The first-order valence-electron chi connectivity index (χ1n) is 6.66. The van der Waals surface area contributed by atoms with Gasteiger partial charge in [-0.15, -0.1) is 0 Å². The first kappa shape index (κ1) is 12.7. The fraction of sp³-hybridized carbons (Fsp3) is 1.00. The number of hydrogen-bond donors (Lipinski definition) is 1. The van der Waals surface area contributed by atoms with Gasteiger partial charge in [-0.1, -0.05) is 20.8 Å². The Kier molecular flexibility index (Phi) is 4.20. The molecule has 2 rings (SSSR count). The number of nitrogens with zero attached hydrogens (tertiary/aromatic N) is 1. The number of nitrogens with one attached hydrogen (secondary N) is 1. The quantitative estimate of drug-likeness (QED) is 0.799. The topological polar surface area (TPSA) is 15.3 Å². The predicted octanol–water partition coefficient (Wildman–Crippen LogP) is 2.20. The SMILES string of the molecule is CC1CN(CC2(C)CCCNC2)CC(C)S1. The Morgan fingerprint density at radius 3 is 2.56 bits per heavy atom. The Morgan fingerprint density at radius 1 is 1.31 bits per heavy atom. The van der Waals surface area contributed by atoms with E-state index in [2.05, 4.69) is 42.7 Å². The minimum absolute atomic E-state index is 0.514. The highest BCUT2D eigenvalue weighted by Crippen LogP contribution is 2.30. The molecule has 3 atom stereocenters. The molecule has 0 spiro atoms. The van der Waals surface area contributed by atoms with Crippen LogP contribution >= 0.6 is 11.8 Å². The molecule has 0 aromatic heterocycles. The molecule has 3 unspecified atom stereocenters. The van der Waals surface area contributed by atoms with Gasteiger partial charge in [0.1, 0.15) is 0 Å². The maximum Gasteiger partial charge on any atom is 0.0149 e. The molecule has 0 radical (unpaired) electrons. The van der Waals surface area contributed by atoms with Crippen LogP contribution in [0.25, 0.3) is 0 Å². The van der Waals surface area contributed by atoms with E-state index in [0.29, 0.717) is 5.41 Å². The molecule has 0 amide bonds. The molecule has 0 aliphatic carbocycles. The second kappa shape index (κ2) is 5.28. The van der Waals surface area contributed by atoms with Gasteiger partial charge in [-0.3, -0.25) is 0 Å². The van der Waals surface area contributed by atoms with Gasteiger partial charge in [-0.05, 0) is 24.8 Å². The molecule has 2 saturated heterocycles. The molecule has 2 fully saturated rings. The van der Waals surface area contributed by atoms with Crippen molar-refractivity contribution in [1.82, 2.24) is 10.2 Å². The molecule has 2 nitrogen and oxygen atoms in total. The summed E-state index contributed by atoms with van der Waals surface area (Å²) in [6, 6.07) is 0. The molecule has 2 heterocycles. The second-order valence-electron chi connectivity index (χ2n) is 6.04. The standard InChI is InChI=1S/C13H26N2S/c1-11-7-15(8-12(2)16-11)10-13(3)5-4-6-14-9-13/h11-12,14H,4-10H2,1-3H3. The van der Waals surface area contributed by atoms with Crippen molar-refractivity contribution in [2.75, 3.05) is 32.7 Å². The van der Waals surface area contributed by atoms with Gasteiger partial charge in [0.25, 0.3) is 0 Å². The number of thioether (sulfide) groups is 1. The van der Waals surface area contributed by atoms with Crippen LogP contribution in [0, 0.1) is 5.41 Å². The highest BCUT2D eigenvalue weighted by Gasteiger charge is 2.31. The number of hydrogen-bond acceptors (Lipinski definition) is 3. The molecule has 0 aromatic rings. The van der Waals surface area contributed by atoms with Crippen molar-refractivity contribution < 1.29 is 0 Å². The Hall–Kier alpha value is 0.270. The van der Waals surface area contributed by atoms with E-state index >= 15 is 0 Å². The van der Waals surface area contributed by atoms with Crippen molar-refractivity contribution in [3.63, 3.8) is 0 Å². The summed E-state index contributed by atoms with van der Waals surface area (Å²) in [6.07, 6.45) is 2.75. The van der Waals surface area contributed by atoms with Gasteiger partial charge in [-0.2, -0.15) is 11.8 Å². The highest BCUT2D eigenvalue weighted by molar-refractivity contribution is 8.00. The second-order valence-corrected chi connectivity index (χ2v) is 7.92. The first-order chi connectivity index (χ1) is 7.57. The van der Waals surface area contributed by atoms with E-state index in [4.69, 9.17) is 0 Å². The smallest absolute Gasteiger partial charge is 0.0149 e. The van der Waals surface area contributed by atoms with Gasteiger partial charge in [0.05, 0.1) is 0 Å². The van der Waals surface area contributed by atoms with E-state index in [1.807, 2.05) is 0 Å². The van der Waals surface area contributed by atoms with E-state index in [9.17, 15) is 0 Å². The number of rotatable bonds is 2. The van der Waals surface area contributed by atoms with Crippen LogP contribution in [-0.4, -0.2) is 48.1 Å². The molecule has 0 bridgehead atoms. The molecule has 2 aliphatic rings. The lowest BCUT2D eigenvalue weighted by Crippen LogP contribution is -2.50. The molecule has 3 heteroatoms. The van der Waals surface area contributed by atoms with Crippen LogP contribution in [0.1, 0.15) is 33.6 Å². The van der Waals surface area contributed by atoms with Crippen molar-refractivity contribution in [3.05, 3.63) is 0 Å². The molecule has 16 heavy (non-hydrogen) atoms. The maximum atomic E-state index is 3.56. The molecule has 94 valence electrons. The fourth-order valence-corrected chi connectivity index (χ4v) is 4.59. The van der Waals surface area contributed by atoms with Crippen LogP contribution in [-0.2, 0) is 0 Å². The Bertz CT molecular complexity index is 216. The Labute approximate surface area is 105 Å². The maximum absolute atomic E-state index is 3.56. The van der Waals surface area contributed by atoms with E-state index < -0.39 is 0 Å². The summed E-state index contributed by atoms with van der Waals surface area (Å²) < 4.78 is 0. The summed E-state index contributed by atoms with van der Waals surface area (Å²) in [4.78, 5) is 2.69. The zero-order valence-corrected chi connectivity index (χ0v) is 11.8. The minimum atomic E-state index is 0.514. The summed E-state index contributed by atoms with van der Waals surface area (Å²) >= 11 is 2.15. The van der Waals surface area contributed by atoms with Crippen LogP contribution in [0.5, 0.6) is 0 Å². The summed E-state index contributed by atoms with van der Waals surface area (Å²) in [6.45, 7) is 13.5. The minimum Gasteiger partial charge on any atom is -0.316 e. The molecular formula is C13H26N2S. The van der Waals surface area contributed by atoms with Crippen molar-refractivity contribution >= 4 is 11.8 Å². The van der Waals surface area contributed by atoms with Gasteiger partial charge < -0.3 is 10.2 Å². The molecular weight excluding hydrogens is 216 g/mol. The molecule has 1 N–H and O–H groups in total. The average Bonchev–Trinajstić information content (AvgIpc) is 2.15. The zero-order valence-electron chi connectivity index (χ0n) is 11.0. The first-order valence-corrected chi connectivity index (χ1v) is 7.60. The van der Waals surface area contributed by atoms with Gasteiger partial charge in [0, 0.05) is 36.7 Å². The Morgan fingerprint density at radius 2 is 2.00 bits per heavy atom. The summed E-state index contributed by atoms with van der Waals surface area (Å²) in [7, 11) is 0. The van der Waals surface area contributed by atoms with Gasteiger partial charge in [0.15, 0.2) is 0 Å². The normalized spacial score (nSPS) is 42.2. The molecule has 2 aliphatic heterocycles. The van der Waals surface area contributed by atoms with Crippen molar-refractivity contribution in [2.45, 2.75) is 44.1 Å². The number of piperidine rings is 1. The van der Waals surface area contributed by atoms with Gasteiger partial charge in [-0.25, -0.2) is 0 Å². The van der Waals surface area contributed by atoms with Gasteiger partial charge >= 0.3 is 0 Å². The summed E-state index contributed by atoms with van der Waals surface area (Å²) in [5, 5.41) is 5.17. The van der Waals surface area contributed by atoms with Crippen molar-refractivity contribution in [1.29, 1.82) is 0 Å². The van der Waals surface area contributed by atoms with Crippen LogP contribution < -0.4 is 5.32 Å². The largest absolute Gasteiger partial charge is 0.316 e. The van der Waals surface area contributed by atoms with E-state index in [1.54, 1.807) is 0 Å². The lowest BCUT2D eigenvalue weighted by Gasteiger charge is -2.42. The lowest BCUT2D eigenvalue weighted by atomic mass is 9.82. The van der Waals surface area contributed by atoms with Crippen LogP contribution in [0.4, 0.5) is 0 Å². The fourth-order valence-electron chi connectivity index (χ4n) is 3.21. The van der Waals surface area contributed by atoms with E-state index in [0.717, 1.165) is 10.5 Å². The third kappa shape index (κ3) is 3.38. The summed E-state index contributed by atoms with van der Waals surface area (Å²) in [5.41, 5.74) is 0.514. The molecule has 0 aromatic carbocycles. The van der Waals surface area contributed by atoms with Crippen LogP contribution in [0.15, 0.2) is 0 Å². The van der Waals surface area contributed by atoms with Crippen LogP contribution in [0.3, 0.4) is 0 Å². The summed E-state index contributed by atoms with van der Waals surface area (Å²) in [5.74, 6) is 0. The third-order valence-electron chi connectivity index (χ3n) is 3.79.